The summed E-state index contributed by atoms with van der Waals surface area (Å²) in [5.74, 6) is -0.0892. The van der Waals surface area contributed by atoms with E-state index in [0.29, 0.717) is 17.7 Å². The molecule has 3 nitrogen and oxygen atoms in total. The number of amides is 1. The summed E-state index contributed by atoms with van der Waals surface area (Å²) >= 11 is 0. The third-order valence-corrected chi connectivity index (χ3v) is 2.75. The van der Waals surface area contributed by atoms with Crippen LogP contribution < -0.4 is 5.32 Å². The molecule has 0 saturated carbocycles. The van der Waals surface area contributed by atoms with Gasteiger partial charge in [0.1, 0.15) is 6.29 Å². The minimum absolute atomic E-state index is 0.0892. The first-order valence-corrected chi connectivity index (χ1v) is 6.08. The largest absolute Gasteiger partial charge is 0.326 e. The Morgan fingerprint density at radius 3 is 2.68 bits per heavy atom. The third kappa shape index (κ3) is 3.78. The highest BCUT2D eigenvalue weighted by molar-refractivity contribution is 5.93. The Morgan fingerprint density at radius 1 is 1.16 bits per heavy atom. The molecule has 96 valence electrons. The molecule has 0 radical (unpaired) electrons. The van der Waals surface area contributed by atoms with E-state index in [2.05, 4.69) is 5.32 Å². The van der Waals surface area contributed by atoms with Crippen molar-refractivity contribution in [3.8, 4) is 0 Å². The van der Waals surface area contributed by atoms with Gasteiger partial charge in [-0.25, -0.2) is 0 Å². The molecule has 0 spiro atoms. The van der Waals surface area contributed by atoms with Crippen molar-refractivity contribution in [1.29, 1.82) is 0 Å². The maximum Gasteiger partial charge on any atom is 0.228 e. The zero-order valence-corrected chi connectivity index (χ0v) is 10.7. The van der Waals surface area contributed by atoms with Gasteiger partial charge in [0.15, 0.2) is 0 Å². The van der Waals surface area contributed by atoms with Gasteiger partial charge < -0.3 is 5.32 Å². The van der Waals surface area contributed by atoms with E-state index >= 15 is 0 Å². The van der Waals surface area contributed by atoms with E-state index in [1.54, 1.807) is 24.3 Å². The molecule has 0 heterocycles. The Hall–Kier alpha value is -2.42. The molecule has 2 aromatic rings. The van der Waals surface area contributed by atoms with E-state index < -0.39 is 0 Å². The van der Waals surface area contributed by atoms with Crippen molar-refractivity contribution in [2.24, 2.45) is 0 Å². The molecular formula is C16H15NO2. The molecular weight excluding hydrogens is 238 g/mol. The molecule has 1 amide bonds. The molecule has 2 aromatic carbocycles. The van der Waals surface area contributed by atoms with Crippen LogP contribution in [0.15, 0.2) is 48.5 Å². The predicted octanol–water partition coefficient (Wildman–Crippen LogP) is 2.99. The monoisotopic (exact) mass is 253 g/mol. The molecule has 0 aliphatic carbocycles. The summed E-state index contributed by atoms with van der Waals surface area (Å²) in [6.45, 7) is 2.00. The van der Waals surface area contributed by atoms with E-state index in [1.165, 1.54) is 0 Å². The number of carbonyl (C=O) groups is 2. The summed E-state index contributed by atoms with van der Waals surface area (Å²) in [6.07, 6.45) is 1.09. The first-order valence-electron chi connectivity index (χ1n) is 6.08. The Bertz CT molecular complexity index is 605. The SMILES string of the molecule is Cc1cccc(CC(=O)Nc2cccc(C=O)c2)c1. The first kappa shape index (κ1) is 13.0. The van der Waals surface area contributed by atoms with Crippen LogP contribution in [0, 0.1) is 6.92 Å². The second-order valence-electron chi connectivity index (χ2n) is 4.46. The fraction of sp³-hybridized carbons (Fsp3) is 0.125. The van der Waals surface area contributed by atoms with Crippen LogP contribution >= 0.6 is 0 Å². The summed E-state index contributed by atoms with van der Waals surface area (Å²) in [6, 6.07) is 14.7. The van der Waals surface area contributed by atoms with Crippen LogP contribution in [0.1, 0.15) is 21.5 Å². The average molecular weight is 253 g/mol. The minimum atomic E-state index is -0.0892. The van der Waals surface area contributed by atoms with Crippen LogP contribution in [0.2, 0.25) is 0 Å². The number of aldehydes is 1. The molecule has 0 aliphatic heterocycles. The van der Waals surface area contributed by atoms with E-state index in [-0.39, 0.29) is 5.91 Å². The molecule has 0 unspecified atom stereocenters. The van der Waals surface area contributed by atoms with Gasteiger partial charge in [-0.1, -0.05) is 42.0 Å². The number of benzene rings is 2. The van der Waals surface area contributed by atoms with E-state index in [4.69, 9.17) is 0 Å². The lowest BCUT2D eigenvalue weighted by atomic mass is 10.1. The fourth-order valence-corrected chi connectivity index (χ4v) is 1.90. The van der Waals surface area contributed by atoms with Crippen LogP contribution in [-0.2, 0) is 11.2 Å². The van der Waals surface area contributed by atoms with Gasteiger partial charge in [0, 0.05) is 11.3 Å². The van der Waals surface area contributed by atoms with E-state index in [0.717, 1.165) is 17.4 Å². The van der Waals surface area contributed by atoms with Crippen molar-refractivity contribution in [1.82, 2.24) is 0 Å². The quantitative estimate of drug-likeness (QED) is 0.851. The maximum atomic E-state index is 11.9. The second kappa shape index (κ2) is 5.96. The molecule has 0 fully saturated rings. The molecule has 3 heteroatoms. The number of aryl methyl sites for hydroxylation is 1. The number of hydrogen-bond donors (Lipinski definition) is 1. The van der Waals surface area contributed by atoms with Crippen LogP contribution in [0.3, 0.4) is 0 Å². The molecule has 0 bridgehead atoms. The van der Waals surface area contributed by atoms with Gasteiger partial charge in [-0.3, -0.25) is 9.59 Å². The molecule has 0 saturated heterocycles. The standard InChI is InChI=1S/C16H15NO2/c1-12-4-2-5-13(8-12)10-16(19)17-15-7-3-6-14(9-15)11-18/h2-9,11H,10H2,1H3,(H,17,19). The van der Waals surface area contributed by atoms with Crippen molar-refractivity contribution in [3.63, 3.8) is 0 Å². The van der Waals surface area contributed by atoms with Crippen molar-refractivity contribution < 1.29 is 9.59 Å². The number of nitrogens with one attached hydrogen (secondary N) is 1. The van der Waals surface area contributed by atoms with Crippen molar-refractivity contribution in [3.05, 3.63) is 65.2 Å². The first-order chi connectivity index (χ1) is 9.17. The molecule has 2 rings (SSSR count). The lowest BCUT2D eigenvalue weighted by Gasteiger charge is -2.06. The predicted molar refractivity (Wildman–Crippen MR) is 75.3 cm³/mol. The summed E-state index contributed by atoms with van der Waals surface area (Å²) < 4.78 is 0. The summed E-state index contributed by atoms with van der Waals surface area (Å²) in [5, 5.41) is 2.79. The normalized spacial score (nSPS) is 9.95. The zero-order valence-electron chi connectivity index (χ0n) is 10.7. The third-order valence-electron chi connectivity index (χ3n) is 2.75. The van der Waals surface area contributed by atoms with Crippen molar-refractivity contribution in [2.75, 3.05) is 5.32 Å². The van der Waals surface area contributed by atoms with Crippen LogP contribution in [-0.4, -0.2) is 12.2 Å². The topological polar surface area (TPSA) is 46.2 Å². The zero-order chi connectivity index (χ0) is 13.7. The summed E-state index contributed by atoms with van der Waals surface area (Å²) in [7, 11) is 0. The van der Waals surface area contributed by atoms with E-state index in [1.807, 2.05) is 31.2 Å². The maximum absolute atomic E-state index is 11.9. The lowest BCUT2D eigenvalue weighted by Crippen LogP contribution is -2.14. The van der Waals surface area contributed by atoms with Gasteiger partial charge in [-0.05, 0) is 24.6 Å². The molecule has 0 aromatic heterocycles. The second-order valence-corrected chi connectivity index (χ2v) is 4.46. The van der Waals surface area contributed by atoms with Crippen LogP contribution in [0.4, 0.5) is 5.69 Å². The van der Waals surface area contributed by atoms with Crippen molar-refractivity contribution >= 4 is 17.9 Å². The van der Waals surface area contributed by atoms with Crippen LogP contribution in [0.5, 0.6) is 0 Å². The van der Waals surface area contributed by atoms with Gasteiger partial charge in [0.2, 0.25) is 5.91 Å². The van der Waals surface area contributed by atoms with Gasteiger partial charge in [0.05, 0.1) is 6.42 Å². The Morgan fingerprint density at radius 2 is 1.95 bits per heavy atom. The highest BCUT2D eigenvalue weighted by Crippen LogP contribution is 2.11. The highest BCUT2D eigenvalue weighted by atomic mass is 16.1. The number of carbonyl (C=O) groups excluding carboxylic acids is 2. The fourth-order valence-electron chi connectivity index (χ4n) is 1.90. The molecule has 1 N–H and O–H groups in total. The summed E-state index contributed by atoms with van der Waals surface area (Å²) in [5.41, 5.74) is 3.30. The molecule has 0 atom stereocenters. The summed E-state index contributed by atoms with van der Waals surface area (Å²) in [4.78, 5) is 22.6. The van der Waals surface area contributed by atoms with Crippen molar-refractivity contribution in [2.45, 2.75) is 13.3 Å². The number of rotatable bonds is 4. The van der Waals surface area contributed by atoms with Gasteiger partial charge >= 0.3 is 0 Å². The highest BCUT2D eigenvalue weighted by Gasteiger charge is 2.04. The Balaban J connectivity index is 2.03. The van der Waals surface area contributed by atoms with Gasteiger partial charge in [-0.2, -0.15) is 0 Å². The lowest BCUT2D eigenvalue weighted by molar-refractivity contribution is -0.115. The smallest absolute Gasteiger partial charge is 0.228 e. The minimum Gasteiger partial charge on any atom is -0.326 e. The van der Waals surface area contributed by atoms with Gasteiger partial charge in [0.25, 0.3) is 0 Å². The Labute approximate surface area is 112 Å². The van der Waals surface area contributed by atoms with Crippen LogP contribution in [0.25, 0.3) is 0 Å². The number of hydrogen-bond acceptors (Lipinski definition) is 2. The molecule has 0 aliphatic rings. The molecule has 19 heavy (non-hydrogen) atoms. The van der Waals surface area contributed by atoms with E-state index in [9.17, 15) is 9.59 Å². The van der Waals surface area contributed by atoms with Gasteiger partial charge in [-0.15, -0.1) is 0 Å². The number of anilines is 1. The average Bonchev–Trinajstić information content (AvgIpc) is 2.38. The Kier molecular flexibility index (Phi) is 4.08.